The van der Waals surface area contributed by atoms with Crippen LogP contribution < -0.4 is 5.32 Å². The molecule has 4 rings (SSSR count). The van der Waals surface area contributed by atoms with Gasteiger partial charge < -0.3 is 19.9 Å². The van der Waals surface area contributed by atoms with Gasteiger partial charge in [-0.3, -0.25) is 4.79 Å². The minimum atomic E-state index is -0.286. The average Bonchev–Trinajstić information content (AvgIpc) is 3.23. The summed E-state index contributed by atoms with van der Waals surface area (Å²) in [5, 5.41) is 5.13. The third-order valence-electron chi connectivity index (χ3n) is 5.11. The summed E-state index contributed by atoms with van der Waals surface area (Å²) in [7, 11) is 0. The largest absolute Gasteiger partial charge is 0.368 e. The Morgan fingerprint density at radius 3 is 2.46 bits per heavy atom. The van der Waals surface area contributed by atoms with E-state index in [1.807, 2.05) is 47.4 Å². The SMILES string of the molecule is O=C(Nc1cccc2ccccc12)N1CCN(C(=O)[C@@H]2CCCO2)CC1. The van der Waals surface area contributed by atoms with Crippen molar-refractivity contribution in [3.05, 3.63) is 42.5 Å². The minimum absolute atomic E-state index is 0.0663. The highest BCUT2D eigenvalue weighted by Crippen LogP contribution is 2.23. The Morgan fingerprint density at radius 2 is 1.69 bits per heavy atom. The summed E-state index contributed by atoms with van der Waals surface area (Å²) in [6, 6.07) is 13.7. The molecule has 0 saturated carbocycles. The summed E-state index contributed by atoms with van der Waals surface area (Å²) < 4.78 is 5.48. The van der Waals surface area contributed by atoms with E-state index in [0.717, 1.165) is 29.3 Å². The molecule has 2 fully saturated rings. The number of benzene rings is 2. The number of amides is 3. The molecule has 0 aliphatic carbocycles. The van der Waals surface area contributed by atoms with E-state index in [9.17, 15) is 9.59 Å². The molecular formula is C20H23N3O3. The van der Waals surface area contributed by atoms with Gasteiger partial charge >= 0.3 is 6.03 Å². The molecule has 1 atom stereocenters. The third-order valence-corrected chi connectivity index (χ3v) is 5.11. The van der Waals surface area contributed by atoms with Gasteiger partial charge in [-0.2, -0.15) is 0 Å². The van der Waals surface area contributed by atoms with Crippen LogP contribution in [0.4, 0.5) is 10.5 Å². The van der Waals surface area contributed by atoms with Gasteiger partial charge in [0.05, 0.1) is 5.69 Å². The van der Waals surface area contributed by atoms with Crippen LogP contribution in [-0.4, -0.2) is 60.6 Å². The van der Waals surface area contributed by atoms with Crippen molar-refractivity contribution in [2.24, 2.45) is 0 Å². The molecule has 2 aromatic carbocycles. The topological polar surface area (TPSA) is 61.9 Å². The van der Waals surface area contributed by atoms with Crippen LogP contribution in [0.1, 0.15) is 12.8 Å². The van der Waals surface area contributed by atoms with Gasteiger partial charge in [-0.25, -0.2) is 4.79 Å². The van der Waals surface area contributed by atoms with Crippen molar-refractivity contribution < 1.29 is 14.3 Å². The molecule has 0 unspecified atom stereocenters. The Bertz CT molecular complexity index is 804. The van der Waals surface area contributed by atoms with Crippen LogP contribution in [0.15, 0.2) is 42.5 Å². The van der Waals surface area contributed by atoms with E-state index in [4.69, 9.17) is 4.74 Å². The van der Waals surface area contributed by atoms with Crippen molar-refractivity contribution in [3.63, 3.8) is 0 Å². The Kier molecular flexibility index (Phi) is 4.75. The number of fused-ring (bicyclic) bond motifs is 1. The normalized spacial score (nSPS) is 20.4. The number of hydrogen-bond acceptors (Lipinski definition) is 3. The fourth-order valence-electron chi connectivity index (χ4n) is 3.63. The molecule has 2 aliphatic rings. The quantitative estimate of drug-likeness (QED) is 0.903. The monoisotopic (exact) mass is 353 g/mol. The molecule has 0 radical (unpaired) electrons. The first-order valence-corrected chi connectivity index (χ1v) is 9.16. The van der Waals surface area contributed by atoms with Gasteiger partial charge in [0.15, 0.2) is 0 Å². The van der Waals surface area contributed by atoms with Gasteiger partial charge in [0.25, 0.3) is 5.91 Å². The highest BCUT2D eigenvalue weighted by atomic mass is 16.5. The van der Waals surface area contributed by atoms with E-state index in [0.29, 0.717) is 32.8 Å². The molecule has 136 valence electrons. The molecule has 6 heteroatoms. The van der Waals surface area contributed by atoms with Crippen LogP contribution in [0.5, 0.6) is 0 Å². The van der Waals surface area contributed by atoms with Crippen molar-refractivity contribution in [2.75, 3.05) is 38.1 Å². The minimum Gasteiger partial charge on any atom is -0.368 e. The van der Waals surface area contributed by atoms with Gasteiger partial charge in [0.1, 0.15) is 6.10 Å². The predicted molar refractivity (Wildman–Crippen MR) is 100 cm³/mol. The second-order valence-electron chi connectivity index (χ2n) is 6.77. The second-order valence-corrected chi connectivity index (χ2v) is 6.77. The third kappa shape index (κ3) is 3.37. The van der Waals surface area contributed by atoms with Gasteiger partial charge in [-0.1, -0.05) is 36.4 Å². The molecule has 26 heavy (non-hydrogen) atoms. The molecule has 2 saturated heterocycles. The van der Waals surface area contributed by atoms with Gasteiger partial charge in [-0.15, -0.1) is 0 Å². The van der Waals surface area contributed by atoms with Crippen LogP contribution >= 0.6 is 0 Å². The second kappa shape index (κ2) is 7.33. The first-order valence-electron chi connectivity index (χ1n) is 9.16. The van der Waals surface area contributed by atoms with Gasteiger partial charge in [0, 0.05) is 38.2 Å². The Hall–Kier alpha value is -2.60. The van der Waals surface area contributed by atoms with E-state index < -0.39 is 0 Å². The van der Waals surface area contributed by atoms with Crippen LogP contribution in [0.2, 0.25) is 0 Å². The van der Waals surface area contributed by atoms with Crippen LogP contribution in [0.25, 0.3) is 10.8 Å². The molecule has 0 bridgehead atoms. The maximum Gasteiger partial charge on any atom is 0.321 e. The Morgan fingerprint density at radius 1 is 0.962 bits per heavy atom. The van der Waals surface area contributed by atoms with E-state index in [1.165, 1.54) is 0 Å². The number of carbonyl (C=O) groups is 2. The molecule has 3 amide bonds. The summed E-state index contributed by atoms with van der Waals surface area (Å²) in [6.45, 7) is 2.86. The highest BCUT2D eigenvalue weighted by molar-refractivity contribution is 6.01. The van der Waals surface area contributed by atoms with E-state index in [2.05, 4.69) is 5.32 Å². The first-order chi connectivity index (χ1) is 12.7. The van der Waals surface area contributed by atoms with Crippen LogP contribution in [0.3, 0.4) is 0 Å². The average molecular weight is 353 g/mol. The molecule has 2 aromatic rings. The lowest BCUT2D eigenvalue weighted by molar-refractivity contribution is -0.142. The fourth-order valence-corrected chi connectivity index (χ4v) is 3.63. The maximum absolute atomic E-state index is 12.6. The molecule has 0 spiro atoms. The van der Waals surface area contributed by atoms with Gasteiger partial charge in [0.2, 0.25) is 0 Å². The number of ether oxygens (including phenoxy) is 1. The number of nitrogens with zero attached hydrogens (tertiary/aromatic N) is 2. The summed E-state index contributed by atoms with van der Waals surface area (Å²) in [6.07, 6.45) is 1.47. The van der Waals surface area contributed by atoms with Crippen molar-refractivity contribution >= 4 is 28.4 Å². The molecule has 6 nitrogen and oxygen atoms in total. The van der Waals surface area contributed by atoms with Gasteiger partial charge in [-0.05, 0) is 24.3 Å². The molecule has 0 aromatic heterocycles. The van der Waals surface area contributed by atoms with Crippen molar-refractivity contribution in [2.45, 2.75) is 18.9 Å². The molecule has 2 heterocycles. The number of urea groups is 1. The van der Waals surface area contributed by atoms with Crippen LogP contribution in [-0.2, 0) is 9.53 Å². The number of anilines is 1. The summed E-state index contributed by atoms with van der Waals surface area (Å²) in [4.78, 5) is 28.6. The smallest absolute Gasteiger partial charge is 0.321 e. The summed E-state index contributed by atoms with van der Waals surface area (Å²) in [5.74, 6) is 0.0663. The predicted octanol–water partition coefficient (Wildman–Crippen LogP) is 2.69. The van der Waals surface area contributed by atoms with E-state index >= 15 is 0 Å². The lowest BCUT2D eigenvalue weighted by Gasteiger charge is -2.35. The number of nitrogens with one attached hydrogen (secondary N) is 1. The Balaban J connectivity index is 1.37. The zero-order chi connectivity index (χ0) is 17.9. The molecule has 2 aliphatic heterocycles. The number of piperazine rings is 1. The van der Waals surface area contributed by atoms with E-state index in [1.54, 1.807) is 4.90 Å². The molecule has 1 N–H and O–H groups in total. The van der Waals surface area contributed by atoms with Crippen molar-refractivity contribution in [1.82, 2.24) is 9.80 Å². The Labute approximate surface area is 152 Å². The van der Waals surface area contributed by atoms with Crippen molar-refractivity contribution in [1.29, 1.82) is 0 Å². The summed E-state index contributed by atoms with van der Waals surface area (Å²) in [5.41, 5.74) is 0.811. The number of rotatable bonds is 2. The maximum atomic E-state index is 12.6. The fraction of sp³-hybridized carbons (Fsp3) is 0.400. The summed E-state index contributed by atoms with van der Waals surface area (Å²) >= 11 is 0. The van der Waals surface area contributed by atoms with Crippen molar-refractivity contribution in [3.8, 4) is 0 Å². The zero-order valence-corrected chi connectivity index (χ0v) is 14.7. The molecular weight excluding hydrogens is 330 g/mol. The zero-order valence-electron chi connectivity index (χ0n) is 14.7. The van der Waals surface area contributed by atoms with Crippen LogP contribution in [0, 0.1) is 0 Å². The first kappa shape index (κ1) is 16.8. The lowest BCUT2D eigenvalue weighted by atomic mass is 10.1. The number of hydrogen-bond donors (Lipinski definition) is 1. The van der Waals surface area contributed by atoms with E-state index in [-0.39, 0.29) is 18.0 Å². The standard InChI is InChI=1S/C20H23N3O3/c24-19(18-9-4-14-26-18)22-10-12-23(13-11-22)20(25)21-17-8-3-6-15-5-1-2-7-16(15)17/h1-3,5-8,18H,4,9-14H2,(H,21,25)/t18-/m0/s1. The highest BCUT2D eigenvalue weighted by Gasteiger charge is 2.31. The number of carbonyl (C=O) groups excluding carboxylic acids is 2. The lowest BCUT2D eigenvalue weighted by Crippen LogP contribution is -2.53.